The van der Waals surface area contributed by atoms with Crippen LogP contribution in [0.5, 0.6) is 5.75 Å². The van der Waals surface area contributed by atoms with Crippen molar-refractivity contribution in [2.75, 3.05) is 12.4 Å². The van der Waals surface area contributed by atoms with Crippen LogP contribution in [0, 0.1) is 0 Å². The average Bonchev–Trinajstić information content (AvgIpc) is 3.16. The summed E-state index contributed by atoms with van der Waals surface area (Å²) in [6.45, 7) is 0. The van der Waals surface area contributed by atoms with Gasteiger partial charge in [0.15, 0.2) is 5.69 Å². The van der Waals surface area contributed by atoms with E-state index in [1.165, 1.54) is 4.68 Å². The Balaban J connectivity index is 1.77. The number of aromatic nitrogens is 4. The van der Waals surface area contributed by atoms with E-state index in [0.29, 0.717) is 11.3 Å². The number of rotatable bonds is 4. The van der Waals surface area contributed by atoms with Crippen LogP contribution in [0.2, 0.25) is 0 Å². The number of anilines is 1. The van der Waals surface area contributed by atoms with Crippen LogP contribution in [-0.4, -0.2) is 33.0 Å². The molecule has 0 aliphatic rings. The van der Waals surface area contributed by atoms with E-state index in [4.69, 9.17) is 9.15 Å². The summed E-state index contributed by atoms with van der Waals surface area (Å²) >= 11 is 0. The molecule has 0 bridgehead atoms. The molecule has 0 spiro atoms. The molecule has 0 unspecified atom stereocenters. The predicted octanol–water partition coefficient (Wildman–Crippen LogP) is 1.73. The first-order valence-electron chi connectivity index (χ1n) is 6.44. The van der Waals surface area contributed by atoms with Gasteiger partial charge in [0.25, 0.3) is 5.91 Å². The molecule has 22 heavy (non-hydrogen) atoms. The summed E-state index contributed by atoms with van der Waals surface area (Å²) < 4.78 is 12.1. The number of nitrogens with zero attached hydrogens (tertiary/aromatic N) is 4. The summed E-state index contributed by atoms with van der Waals surface area (Å²) in [4.78, 5) is 11.9. The second kappa shape index (κ2) is 5.68. The summed E-state index contributed by atoms with van der Waals surface area (Å²) in [5.74, 6) is 0.548. The number of carbonyl (C=O) groups excluding carboxylic acids is 1. The molecule has 0 radical (unpaired) electrons. The molecule has 0 atom stereocenters. The van der Waals surface area contributed by atoms with Crippen LogP contribution in [0.3, 0.4) is 0 Å². The van der Waals surface area contributed by atoms with E-state index in [9.17, 15) is 4.79 Å². The predicted molar refractivity (Wildman–Crippen MR) is 77.4 cm³/mol. The molecule has 0 saturated heterocycles. The Morgan fingerprint density at radius 1 is 1.32 bits per heavy atom. The van der Waals surface area contributed by atoms with E-state index in [0.717, 1.165) is 0 Å². The number of carbonyl (C=O) groups is 1. The van der Waals surface area contributed by atoms with E-state index >= 15 is 0 Å². The van der Waals surface area contributed by atoms with Crippen LogP contribution in [0.25, 0.3) is 11.5 Å². The van der Waals surface area contributed by atoms with Crippen molar-refractivity contribution in [2.24, 2.45) is 7.05 Å². The van der Waals surface area contributed by atoms with Crippen molar-refractivity contribution in [3.05, 3.63) is 42.2 Å². The highest BCUT2D eigenvalue weighted by atomic mass is 16.5. The van der Waals surface area contributed by atoms with Gasteiger partial charge in [-0.1, -0.05) is 11.2 Å². The average molecular weight is 299 g/mol. The third-order valence-electron chi connectivity index (χ3n) is 2.91. The van der Waals surface area contributed by atoms with Gasteiger partial charge in [0.1, 0.15) is 5.75 Å². The molecule has 1 amide bonds. The maximum Gasteiger partial charge on any atom is 0.322 e. The van der Waals surface area contributed by atoms with Gasteiger partial charge in [0.2, 0.25) is 5.89 Å². The fourth-order valence-electron chi connectivity index (χ4n) is 1.84. The second-order valence-electron chi connectivity index (χ2n) is 4.47. The van der Waals surface area contributed by atoms with Crippen LogP contribution >= 0.6 is 0 Å². The maximum atomic E-state index is 11.9. The molecule has 3 aromatic rings. The smallest absolute Gasteiger partial charge is 0.322 e. The molecule has 0 fully saturated rings. The van der Waals surface area contributed by atoms with E-state index < -0.39 is 5.91 Å². The summed E-state index contributed by atoms with van der Waals surface area (Å²) in [7, 11) is 3.30. The molecule has 2 aromatic heterocycles. The molecule has 0 aliphatic carbocycles. The topological polar surface area (TPSA) is 95.1 Å². The minimum Gasteiger partial charge on any atom is -0.497 e. The number of ether oxygens (including phenoxy) is 1. The van der Waals surface area contributed by atoms with Crippen LogP contribution in [0.15, 0.2) is 40.9 Å². The van der Waals surface area contributed by atoms with Crippen LogP contribution < -0.4 is 10.1 Å². The van der Waals surface area contributed by atoms with Crippen molar-refractivity contribution in [3.63, 3.8) is 0 Å². The first-order chi connectivity index (χ1) is 10.7. The van der Waals surface area contributed by atoms with Gasteiger partial charge < -0.3 is 9.15 Å². The minimum absolute atomic E-state index is 0.00785. The number of hydrogen-bond acceptors (Lipinski definition) is 6. The Labute approximate surface area is 125 Å². The lowest BCUT2D eigenvalue weighted by Crippen LogP contribution is -2.13. The zero-order chi connectivity index (χ0) is 15.5. The molecule has 8 nitrogen and oxygen atoms in total. The summed E-state index contributed by atoms with van der Waals surface area (Å²) in [6, 6.07) is 8.79. The minimum atomic E-state index is -0.415. The normalized spacial score (nSPS) is 10.5. The second-order valence-corrected chi connectivity index (χ2v) is 4.47. The van der Waals surface area contributed by atoms with Crippen molar-refractivity contribution in [1.82, 2.24) is 20.0 Å². The van der Waals surface area contributed by atoms with E-state index in [2.05, 4.69) is 20.6 Å². The number of nitrogens with one attached hydrogen (secondary N) is 1. The molecule has 112 valence electrons. The number of amides is 1. The van der Waals surface area contributed by atoms with Gasteiger partial charge in [-0.15, -0.1) is 5.10 Å². The van der Waals surface area contributed by atoms with Gasteiger partial charge in [-0.05, 0) is 24.3 Å². The Morgan fingerprint density at radius 2 is 2.18 bits per heavy atom. The number of methoxy groups -OCH3 is 1. The number of aryl methyl sites for hydroxylation is 1. The van der Waals surface area contributed by atoms with Crippen LogP contribution in [0.4, 0.5) is 6.01 Å². The quantitative estimate of drug-likeness (QED) is 0.788. The van der Waals surface area contributed by atoms with Crippen molar-refractivity contribution in [2.45, 2.75) is 0 Å². The molecule has 2 heterocycles. The van der Waals surface area contributed by atoms with Gasteiger partial charge in [0, 0.05) is 18.8 Å². The first-order valence-corrected chi connectivity index (χ1v) is 6.44. The Bertz CT molecular complexity index is 808. The summed E-state index contributed by atoms with van der Waals surface area (Å²) in [6.07, 6.45) is 1.67. The van der Waals surface area contributed by atoms with E-state index in [-0.39, 0.29) is 17.6 Å². The van der Waals surface area contributed by atoms with Crippen molar-refractivity contribution in [3.8, 4) is 17.2 Å². The Hall–Kier alpha value is -3.16. The zero-order valence-electron chi connectivity index (χ0n) is 12.0. The largest absolute Gasteiger partial charge is 0.497 e. The van der Waals surface area contributed by atoms with E-state index in [1.807, 2.05) is 12.1 Å². The van der Waals surface area contributed by atoms with Crippen LogP contribution in [0.1, 0.15) is 10.5 Å². The molecule has 1 N–H and O–H groups in total. The van der Waals surface area contributed by atoms with Crippen molar-refractivity contribution in [1.29, 1.82) is 0 Å². The lowest BCUT2D eigenvalue weighted by Gasteiger charge is -2.00. The molecule has 1 aromatic carbocycles. The molecular weight excluding hydrogens is 286 g/mol. The van der Waals surface area contributed by atoms with Gasteiger partial charge in [-0.2, -0.15) is 5.10 Å². The van der Waals surface area contributed by atoms with Crippen LogP contribution in [-0.2, 0) is 7.05 Å². The highest BCUT2D eigenvalue weighted by Gasteiger charge is 2.14. The Kier molecular flexibility index (Phi) is 3.57. The molecule has 0 aliphatic heterocycles. The molecule has 0 saturated carbocycles. The molecular formula is C14H13N5O3. The molecule has 3 rings (SSSR count). The number of hydrogen-bond donors (Lipinski definition) is 1. The maximum absolute atomic E-state index is 11.9. The SMILES string of the molecule is COc1cccc(-c2nnc(NC(=O)c3ccn(C)n3)o2)c1. The third kappa shape index (κ3) is 2.80. The summed E-state index contributed by atoms with van der Waals surface area (Å²) in [5.41, 5.74) is 0.966. The Morgan fingerprint density at radius 3 is 2.91 bits per heavy atom. The third-order valence-corrected chi connectivity index (χ3v) is 2.91. The highest BCUT2D eigenvalue weighted by Crippen LogP contribution is 2.23. The van der Waals surface area contributed by atoms with Gasteiger partial charge >= 0.3 is 6.01 Å². The lowest BCUT2D eigenvalue weighted by molar-refractivity contribution is 0.101. The molecule has 8 heteroatoms. The first kappa shape index (κ1) is 13.8. The summed E-state index contributed by atoms with van der Waals surface area (Å²) in [5, 5.41) is 14.2. The fraction of sp³-hybridized carbons (Fsp3) is 0.143. The monoisotopic (exact) mass is 299 g/mol. The van der Waals surface area contributed by atoms with E-state index in [1.54, 1.807) is 38.6 Å². The van der Waals surface area contributed by atoms with Crippen molar-refractivity contribution >= 4 is 11.9 Å². The van der Waals surface area contributed by atoms with Gasteiger partial charge in [0.05, 0.1) is 7.11 Å². The fourth-order valence-corrected chi connectivity index (χ4v) is 1.84. The standard InChI is InChI=1S/C14H13N5O3/c1-19-7-6-11(18-19)12(20)15-14-17-16-13(22-14)9-4-3-5-10(8-9)21-2/h3-8H,1-2H3,(H,15,17,20). The van der Waals surface area contributed by atoms with Crippen molar-refractivity contribution < 1.29 is 13.9 Å². The zero-order valence-corrected chi connectivity index (χ0v) is 12.0. The van der Waals surface area contributed by atoms with Gasteiger partial charge in [-0.25, -0.2) is 0 Å². The van der Waals surface area contributed by atoms with Gasteiger partial charge in [-0.3, -0.25) is 14.8 Å². The highest BCUT2D eigenvalue weighted by molar-refractivity contribution is 6.01. The number of benzene rings is 1. The lowest BCUT2D eigenvalue weighted by atomic mass is 10.2.